The first-order valence-corrected chi connectivity index (χ1v) is 9.23. The summed E-state index contributed by atoms with van der Waals surface area (Å²) in [5.41, 5.74) is 2.00. The minimum atomic E-state index is 0.0291. The van der Waals surface area contributed by atoms with Crippen molar-refractivity contribution in [1.29, 1.82) is 0 Å². The number of carbonyl (C=O) groups excluding carboxylic acids is 1. The van der Waals surface area contributed by atoms with Crippen molar-refractivity contribution in [3.63, 3.8) is 0 Å². The molecule has 2 N–H and O–H groups in total. The number of para-hydroxylation sites is 2. The highest BCUT2D eigenvalue weighted by molar-refractivity contribution is 9.11. The quantitative estimate of drug-likeness (QED) is 0.695. The zero-order valence-electron chi connectivity index (χ0n) is 12.5. The number of nitrogens with one attached hydrogen (secondary N) is 2. The Morgan fingerprint density at radius 3 is 2.96 bits per heavy atom. The molecule has 1 aliphatic carbocycles. The van der Waals surface area contributed by atoms with Crippen molar-refractivity contribution in [3.8, 4) is 0 Å². The fraction of sp³-hybridized carbons (Fsp3) is 0.294. The molecule has 3 atom stereocenters. The van der Waals surface area contributed by atoms with Gasteiger partial charge < -0.3 is 10.3 Å². The Morgan fingerprint density at radius 2 is 2.22 bits per heavy atom. The number of hydrogen-bond donors (Lipinski definition) is 2. The molecule has 118 valence electrons. The number of aromatic nitrogens is 2. The fourth-order valence-corrected chi connectivity index (χ4v) is 4.31. The molecule has 0 radical (unpaired) electrons. The number of fused-ring (bicyclic) bond motifs is 1. The van der Waals surface area contributed by atoms with Crippen LogP contribution in [-0.4, -0.2) is 15.9 Å². The molecule has 3 unspecified atom stereocenters. The van der Waals surface area contributed by atoms with Crippen LogP contribution >= 0.6 is 27.3 Å². The first-order chi connectivity index (χ1) is 11.1. The molecule has 4 rings (SSSR count). The van der Waals surface area contributed by atoms with Gasteiger partial charge in [0.1, 0.15) is 5.82 Å². The van der Waals surface area contributed by atoms with Crippen LogP contribution in [0.4, 0.5) is 0 Å². The first kappa shape index (κ1) is 14.9. The average Bonchev–Trinajstić information content (AvgIpc) is 3.03. The molecule has 2 heterocycles. The van der Waals surface area contributed by atoms with E-state index >= 15 is 0 Å². The Bertz CT molecular complexity index is 838. The third-order valence-corrected chi connectivity index (χ3v) is 6.07. The van der Waals surface area contributed by atoms with Gasteiger partial charge in [0.2, 0.25) is 5.91 Å². The number of thiophene rings is 1. The van der Waals surface area contributed by atoms with Gasteiger partial charge in [-0.3, -0.25) is 4.79 Å². The number of rotatable bonds is 4. The van der Waals surface area contributed by atoms with Crippen LogP contribution < -0.4 is 5.32 Å². The van der Waals surface area contributed by atoms with Crippen molar-refractivity contribution in [2.45, 2.75) is 25.3 Å². The smallest absolute Gasteiger partial charge is 0.224 e. The molecule has 4 nitrogen and oxygen atoms in total. The van der Waals surface area contributed by atoms with Crippen molar-refractivity contribution in [2.24, 2.45) is 5.92 Å². The number of imidazole rings is 1. The van der Waals surface area contributed by atoms with E-state index in [0.717, 1.165) is 31.9 Å². The molecule has 3 aromatic rings. The van der Waals surface area contributed by atoms with Crippen LogP contribution in [0.15, 0.2) is 40.2 Å². The molecule has 1 amide bonds. The van der Waals surface area contributed by atoms with Crippen molar-refractivity contribution < 1.29 is 4.79 Å². The molecule has 1 aliphatic rings. The van der Waals surface area contributed by atoms with Gasteiger partial charge in [-0.25, -0.2) is 4.98 Å². The van der Waals surface area contributed by atoms with Crippen molar-refractivity contribution in [3.05, 3.63) is 50.9 Å². The fourth-order valence-electron chi connectivity index (χ4n) is 2.89. The Morgan fingerprint density at radius 1 is 1.39 bits per heavy atom. The SMILES string of the molecule is CC(NC(=O)C1CC1c1nc2ccccc2[nH]1)c1ccc(Br)s1. The Balaban J connectivity index is 1.43. The van der Waals surface area contributed by atoms with E-state index in [-0.39, 0.29) is 23.8 Å². The summed E-state index contributed by atoms with van der Waals surface area (Å²) in [6, 6.07) is 12.1. The van der Waals surface area contributed by atoms with Gasteiger partial charge in [-0.1, -0.05) is 12.1 Å². The lowest BCUT2D eigenvalue weighted by Crippen LogP contribution is -2.28. The number of amides is 1. The summed E-state index contributed by atoms with van der Waals surface area (Å²) in [4.78, 5) is 21.5. The maximum absolute atomic E-state index is 12.4. The van der Waals surface area contributed by atoms with Crippen molar-refractivity contribution in [1.82, 2.24) is 15.3 Å². The van der Waals surface area contributed by atoms with Crippen LogP contribution in [0.25, 0.3) is 11.0 Å². The van der Waals surface area contributed by atoms with E-state index in [2.05, 4.69) is 31.2 Å². The predicted molar refractivity (Wildman–Crippen MR) is 95.5 cm³/mol. The number of hydrogen-bond acceptors (Lipinski definition) is 3. The third-order valence-electron chi connectivity index (χ3n) is 4.27. The molecule has 1 fully saturated rings. The van der Waals surface area contributed by atoms with Gasteiger partial charge in [-0.15, -0.1) is 11.3 Å². The lowest BCUT2D eigenvalue weighted by molar-refractivity contribution is -0.123. The van der Waals surface area contributed by atoms with Gasteiger partial charge in [0.05, 0.1) is 20.9 Å². The lowest BCUT2D eigenvalue weighted by atomic mass is 10.2. The normalized spacial score (nSPS) is 21.3. The van der Waals surface area contributed by atoms with Gasteiger partial charge in [-0.05, 0) is 53.5 Å². The van der Waals surface area contributed by atoms with Gasteiger partial charge >= 0.3 is 0 Å². The number of halogens is 1. The van der Waals surface area contributed by atoms with E-state index in [9.17, 15) is 4.79 Å². The molecule has 0 saturated heterocycles. The summed E-state index contributed by atoms with van der Waals surface area (Å²) in [7, 11) is 0. The highest BCUT2D eigenvalue weighted by Gasteiger charge is 2.46. The van der Waals surface area contributed by atoms with Crippen molar-refractivity contribution >= 4 is 44.2 Å². The van der Waals surface area contributed by atoms with Gasteiger partial charge in [0.15, 0.2) is 0 Å². The molecule has 6 heteroatoms. The summed E-state index contributed by atoms with van der Waals surface area (Å²) in [5, 5.41) is 3.11. The molecule has 1 saturated carbocycles. The Hall–Kier alpha value is -1.66. The number of benzene rings is 1. The molecule has 23 heavy (non-hydrogen) atoms. The standard InChI is InChI=1S/C17H16BrN3OS/c1-9(14-6-7-15(18)23-14)19-17(22)11-8-10(11)16-20-12-4-2-3-5-13(12)21-16/h2-7,9-11H,8H2,1H3,(H,19,22)(H,20,21). The maximum atomic E-state index is 12.4. The molecular weight excluding hydrogens is 374 g/mol. The summed E-state index contributed by atoms with van der Waals surface area (Å²) in [5.74, 6) is 1.29. The molecule has 0 aliphatic heterocycles. The number of nitrogens with zero attached hydrogens (tertiary/aromatic N) is 1. The Kier molecular flexibility index (Phi) is 3.73. The van der Waals surface area contributed by atoms with Crippen molar-refractivity contribution in [2.75, 3.05) is 0 Å². The monoisotopic (exact) mass is 389 g/mol. The highest BCUT2D eigenvalue weighted by atomic mass is 79.9. The van der Waals surface area contributed by atoms with Crippen LogP contribution in [0.5, 0.6) is 0 Å². The second-order valence-corrected chi connectivity index (χ2v) is 8.45. The second kappa shape index (κ2) is 5.76. The third kappa shape index (κ3) is 2.93. The summed E-state index contributed by atoms with van der Waals surface area (Å²) >= 11 is 5.11. The van der Waals surface area contributed by atoms with E-state index in [1.165, 1.54) is 0 Å². The lowest BCUT2D eigenvalue weighted by Gasteiger charge is -2.11. The van der Waals surface area contributed by atoms with Crippen LogP contribution in [0.2, 0.25) is 0 Å². The minimum Gasteiger partial charge on any atom is -0.349 e. The number of H-pyrrole nitrogens is 1. The largest absolute Gasteiger partial charge is 0.349 e. The zero-order chi connectivity index (χ0) is 16.0. The van der Waals surface area contributed by atoms with E-state index in [0.29, 0.717) is 0 Å². The summed E-state index contributed by atoms with van der Waals surface area (Å²) in [6.07, 6.45) is 0.868. The first-order valence-electron chi connectivity index (χ1n) is 7.62. The van der Waals surface area contributed by atoms with E-state index in [1.807, 2.05) is 43.3 Å². The summed E-state index contributed by atoms with van der Waals surface area (Å²) in [6.45, 7) is 2.02. The van der Waals surface area contributed by atoms with Gasteiger partial charge in [0.25, 0.3) is 0 Å². The highest BCUT2D eigenvalue weighted by Crippen LogP contribution is 2.47. The molecule has 0 bridgehead atoms. The molecule has 0 spiro atoms. The maximum Gasteiger partial charge on any atom is 0.224 e. The van der Waals surface area contributed by atoms with Gasteiger partial charge in [0, 0.05) is 16.7 Å². The number of aromatic amines is 1. The van der Waals surface area contributed by atoms with Crippen LogP contribution in [-0.2, 0) is 4.79 Å². The minimum absolute atomic E-state index is 0.0291. The zero-order valence-corrected chi connectivity index (χ0v) is 14.9. The van der Waals surface area contributed by atoms with Crippen LogP contribution in [0.1, 0.15) is 36.0 Å². The summed E-state index contributed by atoms with van der Waals surface area (Å²) < 4.78 is 1.08. The number of carbonyl (C=O) groups is 1. The second-order valence-electron chi connectivity index (χ2n) is 5.96. The van der Waals surface area contributed by atoms with E-state index in [4.69, 9.17) is 0 Å². The van der Waals surface area contributed by atoms with E-state index < -0.39 is 0 Å². The Labute approximate surface area is 146 Å². The topological polar surface area (TPSA) is 57.8 Å². The van der Waals surface area contributed by atoms with Crippen LogP contribution in [0.3, 0.4) is 0 Å². The van der Waals surface area contributed by atoms with Crippen LogP contribution in [0, 0.1) is 5.92 Å². The van der Waals surface area contributed by atoms with E-state index in [1.54, 1.807) is 11.3 Å². The average molecular weight is 390 g/mol. The molecule has 1 aromatic carbocycles. The van der Waals surface area contributed by atoms with Gasteiger partial charge in [-0.2, -0.15) is 0 Å². The molecule has 2 aromatic heterocycles. The predicted octanol–water partition coefficient (Wildman–Crippen LogP) is 4.37. The molecular formula is C17H16BrN3OS.